The molecule has 2 heterocycles. The van der Waals surface area contributed by atoms with Crippen molar-refractivity contribution in [1.82, 2.24) is 0 Å². The van der Waals surface area contributed by atoms with Crippen LogP contribution in [0.1, 0.15) is 27.7 Å². The van der Waals surface area contributed by atoms with Gasteiger partial charge < -0.3 is 53.6 Å². The van der Waals surface area contributed by atoms with Crippen molar-refractivity contribution in [2.45, 2.75) is 89.1 Å². The number of carbonyl (C=O) groups is 4. The van der Waals surface area contributed by atoms with Crippen LogP contribution in [-0.2, 0) is 52.3 Å². The van der Waals surface area contributed by atoms with Crippen LogP contribution in [-0.4, -0.2) is 119 Å². The van der Waals surface area contributed by atoms with Crippen molar-refractivity contribution < 1.29 is 72.8 Å². The molecule has 4 N–H and O–H groups in total. The third kappa shape index (κ3) is 7.79. The van der Waals surface area contributed by atoms with Gasteiger partial charge in [0.2, 0.25) is 0 Å². The number of hydrogen-bond donors (Lipinski definition) is 4. The third-order valence-corrected chi connectivity index (χ3v) is 5.04. The van der Waals surface area contributed by atoms with Crippen LogP contribution in [0.5, 0.6) is 0 Å². The molecule has 2 saturated heterocycles. The van der Waals surface area contributed by atoms with E-state index in [-0.39, 0.29) is 6.61 Å². The lowest BCUT2D eigenvalue weighted by Gasteiger charge is -2.45. The summed E-state index contributed by atoms with van der Waals surface area (Å²) in [4.78, 5) is 46.8. The largest absolute Gasteiger partial charge is 0.463 e. The lowest BCUT2D eigenvalue weighted by atomic mass is 9.97. The van der Waals surface area contributed by atoms with Crippen molar-refractivity contribution in [3.05, 3.63) is 0 Å². The summed E-state index contributed by atoms with van der Waals surface area (Å²) in [5.74, 6) is -3.24. The Hall–Kier alpha value is -2.40. The average molecular weight is 510 g/mol. The van der Waals surface area contributed by atoms with Gasteiger partial charge in [-0.3, -0.25) is 19.2 Å². The Kier molecular flexibility index (Phi) is 10.3. The summed E-state index contributed by atoms with van der Waals surface area (Å²) in [6, 6.07) is 0. The maximum atomic E-state index is 11.8. The second kappa shape index (κ2) is 12.5. The van der Waals surface area contributed by atoms with Crippen LogP contribution in [0.3, 0.4) is 0 Å². The van der Waals surface area contributed by atoms with Crippen LogP contribution >= 0.6 is 0 Å². The maximum Gasteiger partial charge on any atom is 0.303 e. The van der Waals surface area contributed by atoms with Crippen LogP contribution in [0.25, 0.3) is 0 Å². The molecule has 0 amide bonds. The molecule has 0 radical (unpaired) electrons. The van der Waals surface area contributed by atoms with Gasteiger partial charge in [0.25, 0.3) is 0 Å². The minimum atomic E-state index is -2.24. The van der Waals surface area contributed by atoms with Gasteiger partial charge in [-0.2, -0.15) is 0 Å². The molecule has 0 aromatic carbocycles. The molecule has 0 saturated carbocycles. The summed E-state index contributed by atoms with van der Waals surface area (Å²) in [7, 11) is 0. The molecule has 9 unspecified atom stereocenters. The highest BCUT2D eigenvalue weighted by molar-refractivity contribution is 5.68. The van der Waals surface area contributed by atoms with Crippen LogP contribution in [0.15, 0.2) is 0 Å². The van der Waals surface area contributed by atoms with Crippen LogP contribution < -0.4 is 0 Å². The number of hydrogen-bond acceptors (Lipinski definition) is 15. The van der Waals surface area contributed by atoms with E-state index in [1.165, 1.54) is 0 Å². The number of ether oxygens (including phenoxy) is 7. The molecule has 2 rings (SSSR count). The Labute approximate surface area is 199 Å². The Morgan fingerprint density at radius 2 is 1.37 bits per heavy atom. The van der Waals surface area contributed by atoms with E-state index in [1.54, 1.807) is 0 Å². The summed E-state index contributed by atoms with van der Waals surface area (Å²) in [6.45, 7) is 3.41. The molecule has 2 aliphatic heterocycles. The van der Waals surface area contributed by atoms with E-state index in [9.17, 15) is 39.6 Å². The standard InChI is InChI=1S/C20H30O15/c1-7(21)29-6-12-15(31-8(2)22)17(32-9(3)23)18(33-10(4)24)20(34-12)35-14-11(25)5-30-16(14)13(26)19(27)28/h11-20,25-28H,5-6H2,1-4H3. The third-order valence-electron chi connectivity index (χ3n) is 5.04. The zero-order valence-electron chi connectivity index (χ0n) is 19.5. The van der Waals surface area contributed by atoms with Crippen LogP contribution in [0.2, 0.25) is 0 Å². The van der Waals surface area contributed by atoms with Gasteiger partial charge in [-0.25, -0.2) is 0 Å². The first-order valence-corrected chi connectivity index (χ1v) is 10.6. The number of rotatable bonds is 9. The summed E-state index contributed by atoms with van der Waals surface area (Å²) >= 11 is 0. The van der Waals surface area contributed by atoms with Gasteiger partial charge in [-0.05, 0) is 0 Å². The lowest BCUT2D eigenvalue weighted by Crippen LogP contribution is -2.64. The Morgan fingerprint density at radius 3 is 1.89 bits per heavy atom. The molecule has 35 heavy (non-hydrogen) atoms. The number of aliphatic hydroxyl groups is 4. The summed E-state index contributed by atoms with van der Waals surface area (Å²) in [5, 5.41) is 39.0. The lowest BCUT2D eigenvalue weighted by molar-refractivity contribution is -0.325. The molecule has 15 nitrogen and oxygen atoms in total. The zero-order valence-corrected chi connectivity index (χ0v) is 19.5. The number of carbonyl (C=O) groups excluding carboxylic acids is 4. The minimum absolute atomic E-state index is 0.357. The SMILES string of the molecule is CC(=O)OCC1OC(OC2C(O)COC2C(O)C(O)O)C(OC(C)=O)C(OC(C)=O)C1OC(C)=O. The van der Waals surface area contributed by atoms with E-state index in [4.69, 9.17) is 33.2 Å². The predicted octanol–water partition coefficient (Wildman–Crippen LogP) is -3.11. The fourth-order valence-electron chi connectivity index (χ4n) is 3.70. The first-order chi connectivity index (χ1) is 16.3. The van der Waals surface area contributed by atoms with Gasteiger partial charge in [0.1, 0.15) is 37.1 Å². The molecule has 0 aromatic heterocycles. The van der Waals surface area contributed by atoms with E-state index in [0.717, 1.165) is 27.7 Å². The Balaban J connectivity index is 2.45. The maximum absolute atomic E-state index is 11.8. The quantitative estimate of drug-likeness (QED) is 0.137. The van der Waals surface area contributed by atoms with Gasteiger partial charge in [-0.1, -0.05) is 0 Å². The van der Waals surface area contributed by atoms with Gasteiger partial charge >= 0.3 is 23.9 Å². The summed E-state index contributed by atoms with van der Waals surface area (Å²) in [5.41, 5.74) is 0. The molecule has 2 aliphatic rings. The molecule has 9 atom stereocenters. The molecule has 0 aliphatic carbocycles. The average Bonchev–Trinajstić information content (AvgIpc) is 3.09. The highest BCUT2D eigenvalue weighted by Crippen LogP contribution is 2.33. The summed E-state index contributed by atoms with van der Waals surface area (Å²) < 4.78 is 37.4. The molecule has 0 aromatic rings. The van der Waals surface area contributed by atoms with E-state index in [2.05, 4.69) is 0 Å². The van der Waals surface area contributed by atoms with E-state index < -0.39 is 91.9 Å². The molecular weight excluding hydrogens is 480 g/mol. The molecule has 15 heteroatoms. The van der Waals surface area contributed by atoms with Gasteiger partial charge in [-0.15, -0.1) is 0 Å². The van der Waals surface area contributed by atoms with Crippen LogP contribution in [0.4, 0.5) is 0 Å². The van der Waals surface area contributed by atoms with E-state index in [1.807, 2.05) is 0 Å². The van der Waals surface area contributed by atoms with E-state index >= 15 is 0 Å². The van der Waals surface area contributed by atoms with Crippen molar-refractivity contribution in [3.63, 3.8) is 0 Å². The summed E-state index contributed by atoms with van der Waals surface area (Å²) in [6.07, 6.45) is -15.9. The van der Waals surface area contributed by atoms with E-state index in [0.29, 0.717) is 0 Å². The van der Waals surface area contributed by atoms with Gasteiger partial charge in [0.05, 0.1) is 6.61 Å². The second-order valence-corrected chi connectivity index (χ2v) is 7.94. The number of esters is 4. The minimum Gasteiger partial charge on any atom is -0.463 e. The highest BCUT2D eigenvalue weighted by atomic mass is 16.7. The molecular formula is C20H30O15. The van der Waals surface area contributed by atoms with Gasteiger partial charge in [0, 0.05) is 27.7 Å². The highest BCUT2D eigenvalue weighted by Gasteiger charge is 2.55. The van der Waals surface area contributed by atoms with Crippen molar-refractivity contribution in [3.8, 4) is 0 Å². The van der Waals surface area contributed by atoms with Crippen molar-refractivity contribution in [2.75, 3.05) is 13.2 Å². The molecule has 200 valence electrons. The Morgan fingerprint density at radius 1 is 0.829 bits per heavy atom. The van der Waals surface area contributed by atoms with Gasteiger partial charge in [0.15, 0.2) is 30.9 Å². The molecule has 2 fully saturated rings. The first kappa shape index (κ1) is 28.8. The zero-order chi connectivity index (χ0) is 26.4. The predicted molar refractivity (Wildman–Crippen MR) is 107 cm³/mol. The molecule has 0 spiro atoms. The first-order valence-electron chi connectivity index (χ1n) is 10.6. The number of aliphatic hydroxyl groups excluding tert-OH is 3. The normalized spacial score (nSPS) is 33.6. The molecule has 0 bridgehead atoms. The van der Waals surface area contributed by atoms with Crippen molar-refractivity contribution in [1.29, 1.82) is 0 Å². The van der Waals surface area contributed by atoms with Crippen LogP contribution in [0, 0.1) is 0 Å². The fourth-order valence-corrected chi connectivity index (χ4v) is 3.70. The smallest absolute Gasteiger partial charge is 0.303 e. The second-order valence-electron chi connectivity index (χ2n) is 7.94. The monoisotopic (exact) mass is 510 g/mol. The Bertz CT molecular complexity index is 770. The fraction of sp³-hybridized carbons (Fsp3) is 0.800. The topological polar surface area (TPSA) is 214 Å². The van der Waals surface area contributed by atoms with Crippen molar-refractivity contribution >= 4 is 23.9 Å². The van der Waals surface area contributed by atoms with Crippen molar-refractivity contribution in [2.24, 2.45) is 0 Å².